The van der Waals surface area contributed by atoms with E-state index in [0.717, 1.165) is 36.9 Å². The summed E-state index contributed by atoms with van der Waals surface area (Å²) in [6.45, 7) is 5.23. The van der Waals surface area contributed by atoms with Crippen molar-refractivity contribution >= 4 is 0 Å². The summed E-state index contributed by atoms with van der Waals surface area (Å²) in [6.07, 6.45) is 4.08. The van der Waals surface area contributed by atoms with Crippen LogP contribution in [0.15, 0.2) is 41.0 Å². The molecule has 2 aromatic rings. The molecule has 4 heteroatoms. The maximum Gasteiger partial charge on any atom is 0.231 e. The number of rotatable bonds is 7. The van der Waals surface area contributed by atoms with Crippen LogP contribution in [0.1, 0.15) is 31.1 Å². The lowest BCUT2D eigenvalue weighted by Crippen LogP contribution is -2.24. The zero-order valence-corrected chi connectivity index (χ0v) is 12.4. The molecule has 0 spiro atoms. The number of hydrogen-bond acceptors (Lipinski definition) is 4. The summed E-state index contributed by atoms with van der Waals surface area (Å²) in [5.74, 6) is 2.73. The smallest absolute Gasteiger partial charge is 0.231 e. The fraction of sp³-hybridized carbons (Fsp3) is 0.412. The number of ether oxygens (including phenoxy) is 2. The summed E-state index contributed by atoms with van der Waals surface area (Å²) in [7, 11) is 0. The summed E-state index contributed by atoms with van der Waals surface area (Å²) < 4.78 is 16.5. The molecule has 21 heavy (non-hydrogen) atoms. The Balaban J connectivity index is 1.73. The van der Waals surface area contributed by atoms with E-state index in [1.54, 1.807) is 6.26 Å². The molecule has 0 radical (unpaired) electrons. The minimum absolute atomic E-state index is 0.319. The number of nitrogens with zero attached hydrogens (tertiary/aromatic N) is 1. The van der Waals surface area contributed by atoms with Crippen LogP contribution >= 0.6 is 0 Å². The minimum atomic E-state index is 0.319. The molecule has 1 aliphatic rings. The Labute approximate surface area is 125 Å². The van der Waals surface area contributed by atoms with Crippen molar-refractivity contribution in [1.29, 1.82) is 0 Å². The molecule has 112 valence electrons. The number of fused-ring (bicyclic) bond motifs is 1. The number of hydrogen-bond donors (Lipinski definition) is 0. The molecular weight excluding hydrogens is 266 g/mol. The monoisotopic (exact) mass is 287 g/mol. The van der Waals surface area contributed by atoms with Crippen molar-refractivity contribution in [1.82, 2.24) is 4.90 Å². The van der Waals surface area contributed by atoms with Gasteiger partial charge in [0.1, 0.15) is 5.76 Å². The van der Waals surface area contributed by atoms with Gasteiger partial charge in [0.05, 0.1) is 12.8 Å². The Morgan fingerprint density at radius 2 is 2.05 bits per heavy atom. The highest BCUT2D eigenvalue weighted by atomic mass is 16.7. The van der Waals surface area contributed by atoms with Crippen molar-refractivity contribution < 1.29 is 13.9 Å². The molecule has 1 aromatic heterocycles. The van der Waals surface area contributed by atoms with Crippen LogP contribution in [0.2, 0.25) is 0 Å². The van der Waals surface area contributed by atoms with Gasteiger partial charge < -0.3 is 13.9 Å². The maximum absolute atomic E-state index is 5.60. The third-order valence-corrected chi connectivity index (χ3v) is 3.66. The lowest BCUT2D eigenvalue weighted by molar-refractivity contribution is 0.171. The zero-order chi connectivity index (χ0) is 14.5. The third kappa shape index (κ3) is 3.39. The highest BCUT2D eigenvalue weighted by Gasteiger charge is 2.19. The van der Waals surface area contributed by atoms with Gasteiger partial charge in [-0.3, -0.25) is 4.90 Å². The number of para-hydroxylation sites is 1. The van der Waals surface area contributed by atoms with E-state index in [1.165, 1.54) is 18.4 Å². The van der Waals surface area contributed by atoms with Crippen LogP contribution in [0.5, 0.6) is 11.5 Å². The van der Waals surface area contributed by atoms with Gasteiger partial charge in [0, 0.05) is 12.1 Å². The van der Waals surface area contributed by atoms with E-state index in [-0.39, 0.29) is 0 Å². The third-order valence-electron chi connectivity index (χ3n) is 3.66. The van der Waals surface area contributed by atoms with E-state index in [4.69, 9.17) is 13.9 Å². The molecule has 1 aliphatic heterocycles. The number of benzene rings is 1. The second-order valence-electron chi connectivity index (χ2n) is 5.29. The zero-order valence-electron chi connectivity index (χ0n) is 12.4. The molecule has 0 N–H and O–H groups in total. The molecule has 0 amide bonds. The van der Waals surface area contributed by atoms with Crippen LogP contribution in [0, 0.1) is 0 Å². The van der Waals surface area contributed by atoms with Gasteiger partial charge in [0.15, 0.2) is 11.5 Å². The van der Waals surface area contributed by atoms with Crippen molar-refractivity contribution in [3.63, 3.8) is 0 Å². The maximum atomic E-state index is 5.60. The molecule has 0 fully saturated rings. The Morgan fingerprint density at radius 1 is 1.10 bits per heavy atom. The molecule has 0 unspecified atom stereocenters. The highest BCUT2D eigenvalue weighted by Crippen LogP contribution is 2.36. The van der Waals surface area contributed by atoms with E-state index in [0.29, 0.717) is 6.79 Å². The molecule has 0 saturated carbocycles. The first-order valence-corrected chi connectivity index (χ1v) is 7.49. The fourth-order valence-electron chi connectivity index (χ4n) is 2.57. The van der Waals surface area contributed by atoms with Crippen LogP contribution in [0.3, 0.4) is 0 Å². The van der Waals surface area contributed by atoms with Gasteiger partial charge in [-0.1, -0.05) is 25.5 Å². The average Bonchev–Trinajstić information content (AvgIpc) is 3.16. The number of unbranched alkanes of at least 4 members (excludes halogenated alkanes) is 1. The molecule has 0 bridgehead atoms. The Bertz CT molecular complexity index is 565. The second-order valence-corrected chi connectivity index (χ2v) is 5.29. The highest BCUT2D eigenvalue weighted by molar-refractivity contribution is 5.48. The standard InChI is InChI=1S/C17H21NO3/c1-2-3-9-18(12-15-7-5-10-19-15)11-14-6-4-8-16-17(14)21-13-20-16/h4-8,10H,2-3,9,11-13H2,1H3. The topological polar surface area (TPSA) is 34.8 Å². The van der Waals surface area contributed by atoms with Crippen LogP contribution < -0.4 is 9.47 Å². The molecule has 2 heterocycles. The Morgan fingerprint density at radius 3 is 2.86 bits per heavy atom. The molecule has 0 saturated heterocycles. The molecular formula is C17H21NO3. The van der Waals surface area contributed by atoms with Gasteiger partial charge in [-0.05, 0) is 31.2 Å². The van der Waals surface area contributed by atoms with Gasteiger partial charge in [-0.15, -0.1) is 0 Å². The predicted molar refractivity (Wildman–Crippen MR) is 80.3 cm³/mol. The van der Waals surface area contributed by atoms with Crippen LogP contribution in [-0.4, -0.2) is 18.2 Å². The SMILES string of the molecule is CCCCN(Cc1ccco1)Cc1cccc2c1OCO2. The number of furan rings is 1. The molecule has 0 aliphatic carbocycles. The molecule has 4 nitrogen and oxygen atoms in total. The van der Waals surface area contributed by atoms with Crippen LogP contribution in [-0.2, 0) is 13.1 Å². The van der Waals surface area contributed by atoms with E-state index >= 15 is 0 Å². The largest absolute Gasteiger partial charge is 0.468 e. The normalized spacial score (nSPS) is 13.0. The van der Waals surface area contributed by atoms with Crippen LogP contribution in [0.4, 0.5) is 0 Å². The van der Waals surface area contributed by atoms with Crippen molar-refractivity contribution in [2.75, 3.05) is 13.3 Å². The average molecular weight is 287 g/mol. The van der Waals surface area contributed by atoms with Crippen molar-refractivity contribution in [2.24, 2.45) is 0 Å². The van der Waals surface area contributed by atoms with Crippen LogP contribution in [0.25, 0.3) is 0 Å². The van der Waals surface area contributed by atoms with Gasteiger partial charge >= 0.3 is 0 Å². The summed E-state index contributed by atoms with van der Waals surface area (Å²) in [5.41, 5.74) is 1.17. The van der Waals surface area contributed by atoms with Crippen molar-refractivity contribution in [3.8, 4) is 11.5 Å². The van der Waals surface area contributed by atoms with Gasteiger partial charge in [0.25, 0.3) is 0 Å². The predicted octanol–water partition coefficient (Wildman–Crippen LogP) is 3.81. The Kier molecular flexibility index (Phi) is 4.46. The molecule has 0 atom stereocenters. The van der Waals surface area contributed by atoms with Gasteiger partial charge in [-0.2, -0.15) is 0 Å². The van der Waals surface area contributed by atoms with E-state index in [1.807, 2.05) is 24.3 Å². The Hall–Kier alpha value is -1.94. The van der Waals surface area contributed by atoms with E-state index in [9.17, 15) is 0 Å². The summed E-state index contributed by atoms with van der Waals surface area (Å²) in [6, 6.07) is 10.0. The van der Waals surface area contributed by atoms with E-state index in [2.05, 4.69) is 17.9 Å². The lowest BCUT2D eigenvalue weighted by Gasteiger charge is -2.21. The quantitative estimate of drug-likeness (QED) is 0.775. The van der Waals surface area contributed by atoms with E-state index < -0.39 is 0 Å². The lowest BCUT2D eigenvalue weighted by atomic mass is 10.1. The van der Waals surface area contributed by atoms with Gasteiger partial charge in [0.2, 0.25) is 6.79 Å². The van der Waals surface area contributed by atoms with Crippen molar-refractivity contribution in [2.45, 2.75) is 32.9 Å². The fourth-order valence-corrected chi connectivity index (χ4v) is 2.57. The molecule has 1 aromatic carbocycles. The summed E-state index contributed by atoms with van der Waals surface area (Å²) in [5, 5.41) is 0. The first-order chi connectivity index (χ1) is 10.4. The summed E-state index contributed by atoms with van der Waals surface area (Å²) >= 11 is 0. The minimum Gasteiger partial charge on any atom is -0.468 e. The molecule has 3 rings (SSSR count). The second kappa shape index (κ2) is 6.68. The van der Waals surface area contributed by atoms with Crippen molar-refractivity contribution in [3.05, 3.63) is 47.9 Å². The summed E-state index contributed by atoms with van der Waals surface area (Å²) in [4.78, 5) is 2.39. The first kappa shape index (κ1) is 14.0. The van der Waals surface area contributed by atoms with Gasteiger partial charge in [-0.25, -0.2) is 0 Å². The first-order valence-electron chi connectivity index (χ1n) is 7.49.